The first-order chi connectivity index (χ1) is 18.9. The average molecular weight is 547 g/mol. The van der Waals surface area contributed by atoms with E-state index in [2.05, 4.69) is 4.98 Å². The molecule has 0 radical (unpaired) electrons. The molecule has 0 bridgehead atoms. The van der Waals surface area contributed by atoms with Crippen molar-refractivity contribution in [3.8, 4) is 23.0 Å². The zero-order chi connectivity index (χ0) is 27.7. The summed E-state index contributed by atoms with van der Waals surface area (Å²) in [6, 6.07) is 16.1. The van der Waals surface area contributed by atoms with Crippen molar-refractivity contribution in [2.24, 2.45) is 0 Å². The third kappa shape index (κ3) is 4.63. The van der Waals surface area contributed by atoms with Crippen LogP contribution in [0.4, 0.5) is 5.13 Å². The number of benzene rings is 3. The van der Waals surface area contributed by atoms with Crippen molar-refractivity contribution >= 4 is 44.1 Å². The van der Waals surface area contributed by atoms with Crippen molar-refractivity contribution in [2.45, 2.75) is 13.0 Å². The molecule has 1 fully saturated rings. The molecule has 39 heavy (non-hydrogen) atoms. The number of ether oxygens (including phenoxy) is 4. The lowest BCUT2D eigenvalue weighted by molar-refractivity contribution is -0.132. The van der Waals surface area contributed by atoms with Gasteiger partial charge in [0.2, 0.25) is 0 Å². The predicted octanol–water partition coefficient (Wildman–Crippen LogP) is 5.35. The predicted molar refractivity (Wildman–Crippen MR) is 148 cm³/mol. The number of anilines is 1. The minimum absolute atomic E-state index is 0.0902. The van der Waals surface area contributed by atoms with Crippen LogP contribution in [0.15, 0.2) is 66.2 Å². The van der Waals surface area contributed by atoms with Crippen LogP contribution in [-0.4, -0.2) is 49.7 Å². The topological polar surface area (TPSA) is 107 Å². The van der Waals surface area contributed by atoms with E-state index in [1.54, 1.807) is 61.7 Å². The molecule has 0 spiro atoms. The fourth-order valence-electron chi connectivity index (χ4n) is 4.53. The van der Waals surface area contributed by atoms with Gasteiger partial charge in [-0.1, -0.05) is 11.3 Å². The first kappa shape index (κ1) is 26.1. The van der Waals surface area contributed by atoms with Gasteiger partial charge in [0.05, 0.1) is 43.7 Å². The molecule has 2 heterocycles. The minimum Gasteiger partial charge on any atom is -0.507 e. The van der Waals surface area contributed by atoms with E-state index in [4.69, 9.17) is 18.9 Å². The highest BCUT2D eigenvalue weighted by Crippen LogP contribution is 2.47. The number of aliphatic hydroxyl groups excluding tert-OH is 1. The number of ketones is 1. The van der Waals surface area contributed by atoms with Crippen LogP contribution in [0.3, 0.4) is 0 Å². The van der Waals surface area contributed by atoms with Gasteiger partial charge in [0.1, 0.15) is 34.8 Å². The summed E-state index contributed by atoms with van der Waals surface area (Å²) in [4.78, 5) is 33.1. The van der Waals surface area contributed by atoms with E-state index >= 15 is 0 Å². The quantitative estimate of drug-likeness (QED) is 0.179. The summed E-state index contributed by atoms with van der Waals surface area (Å²) in [5, 5.41) is 11.7. The fraction of sp³-hybridized carbons (Fsp3) is 0.207. The lowest BCUT2D eigenvalue weighted by Gasteiger charge is -2.25. The molecule has 9 nitrogen and oxygen atoms in total. The molecule has 1 atom stereocenters. The summed E-state index contributed by atoms with van der Waals surface area (Å²) >= 11 is 1.24. The molecule has 1 aliphatic rings. The summed E-state index contributed by atoms with van der Waals surface area (Å²) in [7, 11) is 4.58. The number of hydrogen-bond acceptors (Lipinski definition) is 9. The molecular formula is C29H26N2O7S. The fourth-order valence-corrected chi connectivity index (χ4v) is 5.55. The molecular weight excluding hydrogens is 520 g/mol. The highest BCUT2D eigenvalue weighted by Gasteiger charge is 2.49. The summed E-state index contributed by atoms with van der Waals surface area (Å²) in [5.74, 6) is 0.180. The highest BCUT2D eigenvalue weighted by atomic mass is 32.1. The van der Waals surface area contributed by atoms with Gasteiger partial charge in [-0.3, -0.25) is 14.5 Å². The number of Topliss-reactive ketones (excluding diaryl/α,β-unsaturated/α-hetero) is 1. The normalized spacial score (nSPS) is 16.5. The second-order valence-electron chi connectivity index (χ2n) is 8.56. The van der Waals surface area contributed by atoms with Crippen LogP contribution in [0.2, 0.25) is 0 Å². The third-order valence-corrected chi connectivity index (χ3v) is 7.42. The summed E-state index contributed by atoms with van der Waals surface area (Å²) in [6.45, 7) is 2.36. The van der Waals surface area contributed by atoms with Crippen LogP contribution in [0.25, 0.3) is 16.0 Å². The molecule has 1 N–H and O–H groups in total. The second kappa shape index (κ2) is 10.7. The Balaban J connectivity index is 1.73. The zero-order valence-electron chi connectivity index (χ0n) is 21.8. The van der Waals surface area contributed by atoms with Crippen LogP contribution < -0.4 is 23.8 Å². The minimum atomic E-state index is -1.04. The molecule has 0 saturated carbocycles. The maximum Gasteiger partial charge on any atom is 0.301 e. The van der Waals surface area contributed by atoms with Gasteiger partial charge in [0, 0.05) is 11.1 Å². The number of methoxy groups -OCH3 is 3. The molecule has 1 saturated heterocycles. The first-order valence-electron chi connectivity index (χ1n) is 12.1. The third-order valence-electron chi connectivity index (χ3n) is 6.41. The Labute approximate surface area is 228 Å². The molecule has 200 valence electrons. The van der Waals surface area contributed by atoms with Crippen LogP contribution in [0, 0.1) is 0 Å². The Kier molecular flexibility index (Phi) is 7.12. The molecule has 10 heteroatoms. The Morgan fingerprint density at radius 1 is 0.923 bits per heavy atom. The van der Waals surface area contributed by atoms with Crippen molar-refractivity contribution in [2.75, 3.05) is 32.8 Å². The van der Waals surface area contributed by atoms with Gasteiger partial charge >= 0.3 is 5.91 Å². The van der Waals surface area contributed by atoms with Gasteiger partial charge in [0.25, 0.3) is 5.78 Å². The van der Waals surface area contributed by atoms with Crippen molar-refractivity contribution in [3.63, 3.8) is 0 Å². The van der Waals surface area contributed by atoms with E-state index < -0.39 is 17.7 Å². The van der Waals surface area contributed by atoms with Gasteiger partial charge in [0.15, 0.2) is 5.13 Å². The Morgan fingerprint density at radius 2 is 1.59 bits per heavy atom. The maximum absolute atomic E-state index is 13.6. The van der Waals surface area contributed by atoms with Gasteiger partial charge in [-0.15, -0.1) is 0 Å². The van der Waals surface area contributed by atoms with Crippen LogP contribution >= 0.6 is 11.3 Å². The zero-order valence-corrected chi connectivity index (χ0v) is 22.6. The smallest absolute Gasteiger partial charge is 0.301 e. The monoisotopic (exact) mass is 546 g/mol. The number of hydrogen-bond donors (Lipinski definition) is 1. The van der Waals surface area contributed by atoms with E-state index in [1.807, 2.05) is 13.0 Å². The lowest BCUT2D eigenvalue weighted by Crippen LogP contribution is -2.29. The molecule has 0 aliphatic carbocycles. The van der Waals surface area contributed by atoms with E-state index in [0.717, 1.165) is 4.70 Å². The van der Waals surface area contributed by atoms with Crippen molar-refractivity contribution in [1.82, 2.24) is 4.98 Å². The average Bonchev–Trinajstić information content (AvgIpc) is 3.50. The Bertz CT molecular complexity index is 1590. The number of carbonyl (C=O) groups excluding carboxylic acids is 2. The van der Waals surface area contributed by atoms with Crippen molar-refractivity contribution < 1.29 is 33.6 Å². The van der Waals surface area contributed by atoms with Gasteiger partial charge < -0.3 is 24.1 Å². The molecule has 3 aromatic carbocycles. The Hall–Kier alpha value is -4.57. The number of carbonyl (C=O) groups is 2. The van der Waals surface area contributed by atoms with Crippen LogP contribution in [0.5, 0.6) is 23.0 Å². The first-order valence-corrected chi connectivity index (χ1v) is 12.9. The lowest BCUT2D eigenvalue weighted by atomic mass is 9.94. The summed E-state index contributed by atoms with van der Waals surface area (Å²) < 4.78 is 22.7. The van der Waals surface area contributed by atoms with Gasteiger partial charge in [-0.05, 0) is 67.6 Å². The second-order valence-corrected chi connectivity index (χ2v) is 9.57. The van der Waals surface area contributed by atoms with E-state index in [0.29, 0.717) is 51.4 Å². The van der Waals surface area contributed by atoms with Gasteiger partial charge in [-0.2, -0.15) is 0 Å². The number of nitrogens with zero attached hydrogens (tertiary/aromatic N) is 2. The number of aliphatic hydroxyl groups is 1. The number of fused-ring (bicyclic) bond motifs is 1. The van der Waals surface area contributed by atoms with E-state index in [1.165, 1.54) is 30.5 Å². The Morgan fingerprint density at radius 3 is 2.26 bits per heavy atom. The summed E-state index contributed by atoms with van der Waals surface area (Å²) in [5.41, 5.74) is 1.37. The molecule has 5 rings (SSSR count). The highest BCUT2D eigenvalue weighted by molar-refractivity contribution is 7.22. The SMILES string of the molecule is CCOc1ccc(/C(O)=C2\C(=O)C(=O)N(c3nc4ccc(OC)cc4s3)[C@H]2c2cc(OC)ccc2OC)cc1. The largest absolute Gasteiger partial charge is 0.507 e. The molecule has 1 aromatic heterocycles. The number of rotatable bonds is 8. The van der Waals surface area contributed by atoms with Gasteiger partial charge in [-0.25, -0.2) is 4.98 Å². The molecule has 1 amide bonds. The number of amides is 1. The molecule has 4 aromatic rings. The standard InChI is InChI=1S/C29H26N2O7S/c1-5-38-17-8-6-16(7-9-17)26(32)24-25(20-14-18(35-2)11-13-22(20)37-4)31(28(34)27(24)33)29-30-21-12-10-19(36-3)15-23(21)39-29/h6-15,25,32H,5H2,1-4H3/b26-24+/t25-/m0/s1. The number of aromatic nitrogens is 1. The van der Waals surface area contributed by atoms with Crippen LogP contribution in [-0.2, 0) is 9.59 Å². The van der Waals surface area contributed by atoms with E-state index in [9.17, 15) is 14.7 Å². The van der Waals surface area contributed by atoms with E-state index in [-0.39, 0.29) is 11.3 Å². The van der Waals surface area contributed by atoms with Crippen molar-refractivity contribution in [3.05, 3.63) is 77.4 Å². The number of thiazole rings is 1. The molecule has 0 unspecified atom stereocenters. The summed E-state index contributed by atoms with van der Waals surface area (Å²) in [6.07, 6.45) is 0. The maximum atomic E-state index is 13.6. The molecule has 1 aliphatic heterocycles. The van der Waals surface area contributed by atoms with Crippen LogP contribution in [0.1, 0.15) is 24.1 Å². The van der Waals surface area contributed by atoms with Crippen molar-refractivity contribution in [1.29, 1.82) is 0 Å².